The number of nitrogens with zero attached hydrogens (tertiary/aromatic N) is 3. The van der Waals surface area contributed by atoms with E-state index in [1.54, 1.807) is 37.6 Å². The molecule has 1 saturated heterocycles. The lowest BCUT2D eigenvalue weighted by Gasteiger charge is -2.34. The number of methoxy groups -OCH3 is 2. The van der Waals surface area contributed by atoms with Crippen LogP contribution < -0.4 is 19.7 Å². The SMILES string of the molecule is COc1ccc(/C=C/C(=O)NCCS(=O)(=O)N2CCN(c3ccccn3)CC2)c(OC)c1. The molecule has 2 heterocycles. The third-order valence-electron chi connectivity index (χ3n) is 5.12. The van der Waals surface area contributed by atoms with Crippen LogP contribution in [0.2, 0.25) is 0 Å². The van der Waals surface area contributed by atoms with E-state index in [-0.39, 0.29) is 18.2 Å². The Morgan fingerprint density at radius 3 is 2.56 bits per heavy atom. The van der Waals surface area contributed by atoms with Gasteiger partial charge in [-0.1, -0.05) is 6.07 Å². The number of sulfonamides is 1. The van der Waals surface area contributed by atoms with Crippen LogP contribution in [0.15, 0.2) is 48.7 Å². The Morgan fingerprint density at radius 2 is 1.91 bits per heavy atom. The zero-order valence-electron chi connectivity index (χ0n) is 18.2. The monoisotopic (exact) mass is 460 g/mol. The van der Waals surface area contributed by atoms with E-state index in [0.29, 0.717) is 43.2 Å². The molecular weight excluding hydrogens is 432 g/mol. The quantitative estimate of drug-likeness (QED) is 0.564. The number of carbonyl (C=O) groups excluding carboxylic acids is 1. The highest BCUT2D eigenvalue weighted by Crippen LogP contribution is 2.25. The van der Waals surface area contributed by atoms with Crippen LogP contribution in [0.4, 0.5) is 5.82 Å². The van der Waals surface area contributed by atoms with Crippen LogP contribution in [0.5, 0.6) is 11.5 Å². The first-order chi connectivity index (χ1) is 15.4. The summed E-state index contributed by atoms with van der Waals surface area (Å²) in [6.07, 6.45) is 4.68. The largest absolute Gasteiger partial charge is 0.497 e. The van der Waals surface area contributed by atoms with Crippen LogP contribution in [0.25, 0.3) is 6.08 Å². The van der Waals surface area contributed by atoms with E-state index in [4.69, 9.17) is 9.47 Å². The Morgan fingerprint density at radius 1 is 1.12 bits per heavy atom. The molecule has 3 rings (SSSR count). The van der Waals surface area contributed by atoms with E-state index in [1.165, 1.54) is 17.5 Å². The van der Waals surface area contributed by atoms with Gasteiger partial charge >= 0.3 is 0 Å². The summed E-state index contributed by atoms with van der Waals surface area (Å²) in [6, 6.07) is 10.9. The van der Waals surface area contributed by atoms with Gasteiger partial charge in [0.15, 0.2) is 0 Å². The van der Waals surface area contributed by atoms with Gasteiger partial charge < -0.3 is 19.7 Å². The molecule has 0 aliphatic carbocycles. The Labute approximate surface area is 188 Å². The van der Waals surface area contributed by atoms with Gasteiger partial charge in [0.1, 0.15) is 17.3 Å². The van der Waals surface area contributed by atoms with Gasteiger partial charge in [-0.05, 0) is 30.3 Å². The van der Waals surface area contributed by atoms with Gasteiger partial charge in [0.05, 0.1) is 20.0 Å². The normalized spacial score (nSPS) is 15.0. The number of amides is 1. The predicted octanol–water partition coefficient (Wildman–Crippen LogP) is 1.38. The summed E-state index contributed by atoms with van der Waals surface area (Å²) in [5.41, 5.74) is 0.710. The fourth-order valence-electron chi connectivity index (χ4n) is 3.35. The Bertz CT molecular complexity index is 1040. The van der Waals surface area contributed by atoms with Crippen molar-refractivity contribution in [2.75, 3.05) is 57.6 Å². The van der Waals surface area contributed by atoms with Gasteiger partial charge in [-0.25, -0.2) is 13.4 Å². The Balaban J connectivity index is 1.46. The summed E-state index contributed by atoms with van der Waals surface area (Å²) in [5, 5.41) is 2.63. The molecule has 0 radical (unpaired) electrons. The maximum atomic E-state index is 12.6. The minimum Gasteiger partial charge on any atom is -0.497 e. The molecule has 1 aliphatic heterocycles. The second-order valence-corrected chi connectivity index (χ2v) is 9.21. The fourth-order valence-corrected chi connectivity index (χ4v) is 4.69. The summed E-state index contributed by atoms with van der Waals surface area (Å²) >= 11 is 0. The molecule has 1 aromatic carbocycles. The number of carbonyl (C=O) groups is 1. The van der Waals surface area contributed by atoms with Gasteiger partial charge in [0.25, 0.3) is 0 Å². The van der Waals surface area contributed by atoms with E-state index in [9.17, 15) is 13.2 Å². The molecular formula is C22H28N4O5S. The minimum absolute atomic E-state index is 0.0334. The van der Waals surface area contributed by atoms with Crippen molar-refractivity contribution in [1.29, 1.82) is 0 Å². The molecule has 1 aromatic heterocycles. The van der Waals surface area contributed by atoms with E-state index in [1.807, 2.05) is 18.2 Å². The molecule has 0 atom stereocenters. The number of piperazine rings is 1. The minimum atomic E-state index is -3.46. The molecule has 1 N–H and O–H groups in total. The number of ether oxygens (including phenoxy) is 2. The molecule has 0 unspecified atom stereocenters. The van der Waals surface area contributed by atoms with Crippen LogP contribution >= 0.6 is 0 Å². The number of nitrogens with one attached hydrogen (secondary N) is 1. The summed E-state index contributed by atoms with van der Waals surface area (Å²) < 4.78 is 37.2. The van der Waals surface area contributed by atoms with Crippen molar-refractivity contribution in [3.05, 3.63) is 54.2 Å². The first-order valence-corrected chi connectivity index (χ1v) is 11.9. The molecule has 1 fully saturated rings. The number of pyridine rings is 1. The van der Waals surface area contributed by atoms with Crippen molar-refractivity contribution in [2.24, 2.45) is 0 Å². The van der Waals surface area contributed by atoms with Crippen LogP contribution in [0.3, 0.4) is 0 Å². The maximum absolute atomic E-state index is 12.6. The first-order valence-electron chi connectivity index (χ1n) is 10.2. The zero-order valence-corrected chi connectivity index (χ0v) is 19.0. The third-order valence-corrected chi connectivity index (χ3v) is 6.99. The highest BCUT2D eigenvalue weighted by molar-refractivity contribution is 7.89. The lowest BCUT2D eigenvalue weighted by molar-refractivity contribution is -0.116. The van der Waals surface area contributed by atoms with Crippen molar-refractivity contribution in [1.82, 2.24) is 14.6 Å². The van der Waals surface area contributed by atoms with Gasteiger partial charge in [-0.15, -0.1) is 0 Å². The van der Waals surface area contributed by atoms with Crippen LogP contribution in [0.1, 0.15) is 5.56 Å². The molecule has 1 aliphatic rings. The first kappa shape index (κ1) is 23.6. The lowest BCUT2D eigenvalue weighted by atomic mass is 10.1. The lowest BCUT2D eigenvalue weighted by Crippen LogP contribution is -2.50. The second-order valence-electron chi connectivity index (χ2n) is 7.12. The Kier molecular flexibility index (Phi) is 8.07. The average molecular weight is 461 g/mol. The summed E-state index contributed by atoms with van der Waals surface area (Å²) in [5.74, 6) is 1.53. The maximum Gasteiger partial charge on any atom is 0.244 e. The topological polar surface area (TPSA) is 101 Å². The molecule has 2 aromatic rings. The number of rotatable bonds is 9. The standard InChI is InChI=1S/C22H28N4O5S/c1-30-19-8-6-18(20(17-19)31-2)7-9-22(27)24-11-16-32(28,29)26-14-12-25(13-15-26)21-5-3-4-10-23-21/h3-10,17H,11-16H2,1-2H3,(H,24,27)/b9-7+. The highest BCUT2D eigenvalue weighted by atomic mass is 32.2. The van der Waals surface area contributed by atoms with Crippen LogP contribution in [0, 0.1) is 0 Å². The Hall–Kier alpha value is -3.11. The van der Waals surface area contributed by atoms with Crippen molar-refractivity contribution in [3.8, 4) is 11.5 Å². The van der Waals surface area contributed by atoms with Crippen molar-refractivity contribution < 1.29 is 22.7 Å². The molecule has 0 saturated carbocycles. The highest BCUT2D eigenvalue weighted by Gasteiger charge is 2.27. The summed E-state index contributed by atoms with van der Waals surface area (Å²) in [4.78, 5) is 18.5. The van der Waals surface area contributed by atoms with Gasteiger partial charge in [0, 0.05) is 56.6 Å². The summed E-state index contributed by atoms with van der Waals surface area (Å²) in [7, 11) is -0.360. The second kappa shape index (κ2) is 11.0. The van der Waals surface area contributed by atoms with Crippen LogP contribution in [-0.2, 0) is 14.8 Å². The van der Waals surface area contributed by atoms with Gasteiger partial charge in [-0.2, -0.15) is 4.31 Å². The average Bonchev–Trinajstić information content (AvgIpc) is 2.83. The van der Waals surface area contributed by atoms with E-state index < -0.39 is 10.0 Å². The number of aromatic nitrogens is 1. The number of hydrogen-bond donors (Lipinski definition) is 1. The zero-order chi connectivity index (χ0) is 23.0. The molecule has 0 spiro atoms. The molecule has 0 bridgehead atoms. The van der Waals surface area contributed by atoms with Gasteiger partial charge in [0.2, 0.25) is 15.9 Å². The van der Waals surface area contributed by atoms with Crippen LogP contribution in [-0.4, -0.2) is 76.3 Å². The third kappa shape index (κ3) is 6.21. The van der Waals surface area contributed by atoms with E-state index in [2.05, 4.69) is 15.2 Å². The number of benzene rings is 1. The van der Waals surface area contributed by atoms with Crippen molar-refractivity contribution in [2.45, 2.75) is 0 Å². The molecule has 9 nitrogen and oxygen atoms in total. The van der Waals surface area contributed by atoms with E-state index >= 15 is 0 Å². The number of anilines is 1. The molecule has 172 valence electrons. The van der Waals surface area contributed by atoms with E-state index in [0.717, 1.165) is 5.82 Å². The number of hydrogen-bond acceptors (Lipinski definition) is 7. The predicted molar refractivity (Wildman–Crippen MR) is 123 cm³/mol. The molecule has 10 heteroatoms. The van der Waals surface area contributed by atoms with Crippen molar-refractivity contribution in [3.63, 3.8) is 0 Å². The molecule has 1 amide bonds. The smallest absolute Gasteiger partial charge is 0.244 e. The van der Waals surface area contributed by atoms with Crippen molar-refractivity contribution >= 4 is 27.8 Å². The molecule has 32 heavy (non-hydrogen) atoms. The summed E-state index contributed by atoms with van der Waals surface area (Å²) in [6.45, 7) is 1.98. The fraction of sp³-hybridized carbons (Fsp3) is 0.364. The van der Waals surface area contributed by atoms with Gasteiger partial charge in [-0.3, -0.25) is 4.79 Å².